The SMILES string of the molecule is COc1ncccc1CNC(=O)Nc1cnn(Cc2ccccc2)c1. The van der Waals surface area contributed by atoms with E-state index in [1.807, 2.05) is 36.4 Å². The second-order valence-corrected chi connectivity index (χ2v) is 5.39. The number of carbonyl (C=O) groups excluding carboxylic acids is 1. The second-order valence-electron chi connectivity index (χ2n) is 5.39. The molecule has 25 heavy (non-hydrogen) atoms. The number of ether oxygens (including phenoxy) is 1. The van der Waals surface area contributed by atoms with Gasteiger partial charge in [-0.1, -0.05) is 36.4 Å². The molecule has 0 aliphatic rings. The van der Waals surface area contributed by atoms with Gasteiger partial charge in [-0.05, 0) is 11.6 Å². The molecular formula is C18H19N5O2. The number of nitrogens with one attached hydrogen (secondary N) is 2. The number of urea groups is 1. The minimum atomic E-state index is -0.315. The first kappa shape index (κ1) is 16.5. The topological polar surface area (TPSA) is 81.1 Å². The number of aromatic nitrogens is 3. The molecule has 128 valence electrons. The fourth-order valence-electron chi connectivity index (χ4n) is 2.38. The number of anilines is 1. The fourth-order valence-corrected chi connectivity index (χ4v) is 2.38. The van der Waals surface area contributed by atoms with Crippen molar-refractivity contribution in [1.82, 2.24) is 20.1 Å². The van der Waals surface area contributed by atoms with Crippen molar-refractivity contribution in [3.8, 4) is 5.88 Å². The van der Waals surface area contributed by atoms with Crippen molar-refractivity contribution in [3.63, 3.8) is 0 Å². The first-order valence-corrected chi connectivity index (χ1v) is 7.83. The lowest BCUT2D eigenvalue weighted by Crippen LogP contribution is -2.28. The van der Waals surface area contributed by atoms with E-state index in [4.69, 9.17) is 4.74 Å². The molecule has 0 aliphatic heterocycles. The number of nitrogens with zero attached hydrogens (tertiary/aromatic N) is 3. The summed E-state index contributed by atoms with van der Waals surface area (Å²) in [5.41, 5.74) is 2.58. The Kier molecular flexibility index (Phi) is 5.26. The third kappa shape index (κ3) is 4.57. The molecule has 2 N–H and O–H groups in total. The highest BCUT2D eigenvalue weighted by atomic mass is 16.5. The average molecular weight is 337 g/mol. The van der Waals surface area contributed by atoms with Gasteiger partial charge >= 0.3 is 6.03 Å². The van der Waals surface area contributed by atoms with Crippen molar-refractivity contribution in [2.24, 2.45) is 0 Å². The lowest BCUT2D eigenvalue weighted by Gasteiger charge is -2.08. The Morgan fingerprint density at radius 1 is 1.20 bits per heavy atom. The van der Waals surface area contributed by atoms with Crippen LogP contribution in [0.3, 0.4) is 0 Å². The van der Waals surface area contributed by atoms with E-state index < -0.39 is 0 Å². The van der Waals surface area contributed by atoms with E-state index in [2.05, 4.69) is 20.7 Å². The zero-order chi connectivity index (χ0) is 17.5. The van der Waals surface area contributed by atoms with Gasteiger partial charge in [0.1, 0.15) is 0 Å². The van der Waals surface area contributed by atoms with Gasteiger partial charge in [-0.3, -0.25) is 4.68 Å². The van der Waals surface area contributed by atoms with E-state index >= 15 is 0 Å². The summed E-state index contributed by atoms with van der Waals surface area (Å²) >= 11 is 0. The monoisotopic (exact) mass is 337 g/mol. The molecule has 2 amide bonds. The molecule has 0 saturated carbocycles. The summed E-state index contributed by atoms with van der Waals surface area (Å²) in [5.74, 6) is 0.499. The summed E-state index contributed by atoms with van der Waals surface area (Å²) < 4.78 is 6.93. The number of methoxy groups -OCH3 is 1. The van der Waals surface area contributed by atoms with Crippen LogP contribution in [0.5, 0.6) is 5.88 Å². The van der Waals surface area contributed by atoms with E-state index in [1.54, 1.807) is 36.4 Å². The number of pyridine rings is 1. The van der Waals surface area contributed by atoms with Crippen molar-refractivity contribution in [1.29, 1.82) is 0 Å². The van der Waals surface area contributed by atoms with E-state index in [-0.39, 0.29) is 6.03 Å². The van der Waals surface area contributed by atoms with Crippen molar-refractivity contribution < 1.29 is 9.53 Å². The molecule has 0 atom stereocenters. The minimum absolute atomic E-state index is 0.315. The summed E-state index contributed by atoms with van der Waals surface area (Å²) in [4.78, 5) is 16.1. The highest BCUT2D eigenvalue weighted by Gasteiger charge is 2.07. The first-order valence-electron chi connectivity index (χ1n) is 7.83. The van der Waals surface area contributed by atoms with Crippen LogP contribution in [-0.2, 0) is 13.1 Å². The molecule has 2 heterocycles. The van der Waals surface area contributed by atoms with Crippen LogP contribution in [0.2, 0.25) is 0 Å². The van der Waals surface area contributed by atoms with E-state index in [9.17, 15) is 4.79 Å². The third-order valence-corrected chi connectivity index (χ3v) is 3.56. The molecule has 0 radical (unpaired) electrons. The van der Waals surface area contributed by atoms with Gasteiger partial charge in [-0.15, -0.1) is 0 Å². The zero-order valence-electron chi connectivity index (χ0n) is 13.8. The molecule has 0 aliphatic carbocycles. The Hall–Kier alpha value is -3.35. The predicted octanol–water partition coefficient (Wildman–Crippen LogP) is 2.66. The highest BCUT2D eigenvalue weighted by Crippen LogP contribution is 2.13. The molecule has 0 fully saturated rings. The van der Waals surface area contributed by atoms with Gasteiger partial charge in [0.05, 0.1) is 25.5 Å². The van der Waals surface area contributed by atoms with Gasteiger partial charge in [0, 0.05) is 24.5 Å². The van der Waals surface area contributed by atoms with Gasteiger partial charge in [0.25, 0.3) is 0 Å². The van der Waals surface area contributed by atoms with Crippen LogP contribution in [0.4, 0.5) is 10.5 Å². The first-order chi connectivity index (χ1) is 12.2. The fraction of sp³-hybridized carbons (Fsp3) is 0.167. The molecule has 2 aromatic heterocycles. The minimum Gasteiger partial charge on any atom is -0.481 e. The Bertz CT molecular complexity index is 832. The summed E-state index contributed by atoms with van der Waals surface area (Å²) in [5, 5.41) is 9.79. The van der Waals surface area contributed by atoms with E-state index in [0.29, 0.717) is 24.7 Å². The van der Waals surface area contributed by atoms with Crippen LogP contribution in [0.15, 0.2) is 61.1 Å². The Morgan fingerprint density at radius 2 is 2.04 bits per heavy atom. The van der Waals surface area contributed by atoms with E-state index in [1.165, 1.54) is 0 Å². The smallest absolute Gasteiger partial charge is 0.319 e. The number of hydrogen-bond acceptors (Lipinski definition) is 4. The predicted molar refractivity (Wildman–Crippen MR) is 94.4 cm³/mol. The Labute approximate surface area is 145 Å². The molecule has 3 aromatic rings. The average Bonchev–Trinajstić information content (AvgIpc) is 3.07. The maximum absolute atomic E-state index is 12.0. The largest absolute Gasteiger partial charge is 0.481 e. The van der Waals surface area contributed by atoms with Crippen LogP contribution in [0, 0.1) is 0 Å². The van der Waals surface area contributed by atoms with Crippen LogP contribution in [0.1, 0.15) is 11.1 Å². The number of carbonyl (C=O) groups is 1. The molecule has 1 aromatic carbocycles. The van der Waals surface area contributed by atoms with Crippen LogP contribution >= 0.6 is 0 Å². The van der Waals surface area contributed by atoms with Gasteiger partial charge < -0.3 is 15.4 Å². The van der Waals surface area contributed by atoms with Crippen molar-refractivity contribution in [2.45, 2.75) is 13.1 Å². The second kappa shape index (κ2) is 7.96. The number of rotatable bonds is 6. The summed E-state index contributed by atoms with van der Waals surface area (Å²) in [6.45, 7) is 0.970. The zero-order valence-corrected chi connectivity index (χ0v) is 13.8. The summed E-state index contributed by atoms with van der Waals surface area (Å²) in [6.07, 6.45) is 5.05. The van der Waals surface area contributed by atoms with Crippen molar-refractivity contribution in [3.05, 3.63) is 72.2 Å². The number of hydrogen-bond donors (Lipinski definition) is 2. The number of benzene rings is 1. The van der Waals surface area contributed by atoms with E-state index in [0.717, 1.165) is 11.1 Å². The molecule has 0 saturated heterocycles. The quantitative estimate of drug-likeness (QED) is 0.724. The maximum atomic E-state index is 12.0. The van der Waals surface area contributed by atoms with Crippen LogP contribution in [0.25, 0.3) is 0 Å². The molecule has 7 nitrogen and oxygen atoms in total. The molecule has 7 heteroatoms. The van der Waals surface area contributed by atoms with Crippen molar-refractivity contribution in [2.75, 3.05) is 12.4 Å². The Balaban J connectivity index is 1.53. The third-order valence-electron chi connectivity index (χ3n) is 3.56. The maximum Gasteiger partial charge on any atom is 0.319 e. The lowest BCUT2D eigenvalue weighted by atomic mass is 10.2. The molecular weight excluding hydrogens is 318 g/mol. The van der Waals surface area contributed by atoms with Crippen LogP contribution in [-0.4, -0.2) is 27.9 Å². The molecule has 0 bridgehead atoms. The van der Waals surface area contributed by atoms with Gasteiger partial charge in [-0.2, -0.15) is 5.10 Å². The summed E-state index contributed by atoms with van der Waals surface area (Å²) in [7, 11) is 1.55. The number of amides is 2. The highest BCUT2D eigenvalue weighted by molar-refractivity contribution is 5.88. The van der Waals surface area contributed by atoms with Crippen molar-refractivity contribution >= 4 is 11.7 Å². The lowest BCUT2D eigenvalue weighted by molar-refractivity contribution is 0.251. The van der Waals surface area contributed by atoms with Gasteiger partial charge in [0.15, 0.2) is 0 Å². The van der Waals surface area contributed by atoms with Gasteiger partial charge in [0.2, 0.25) is 5.88 Å². The normalized spacial score (nSPS) is 10.3. The van der Waals surface area contributed by atoms with Gasteiger partial charge in [-0.25, -0.2) is 9.78 Å². The molecule has 3 rings (SSSR count). The standard InChI is InChI=1S/C18H19N5O2/c1-25-17-15(8-5-9-19-17)10-20-18(24)22-16-11-21-23(13-16)12-14-6-3-2-4-7-14/h2-9,11,13H,10,12H2,1H3,(H2,20,22,24). The molecule has 0 unspecified atom stereocenters. The van der Waals surface area contributed by atoms with Crippen LogP contribution < -0.4 is 15.4 Å². The summed E-state index contributed by atoms with van der Waals surface area (Å²) in [6, 6.07) is 13.3. The Morgan fingerprint density at radius 3 is 2.84 bits per heavy atom. The molecule has 0 spiro atoms.